The van der Waals surface area contributed by atoms with Crippen molar-refractivity contribution in [1.29, 1.82) is 0 Å². The second kappa shape index (κ2) is 3.22. The minimum absolute atomic E-state index is 0.145. The van der Waals surface area contributed by atoms with Gasteiger partial charge in [0.2, 0.25) is 5.91 Å². The number of piperidine rings is 1. The molecule has 0 bridgehead atoms. The van der Waals surface area contributed by atoms with Crippen molar-refractivity contribution in [3.8, 4) is 0 Å². The molecule has 0 unspecified atom stereocenters. The van der Waals surface area contributed by atoms with Crippen molar-refractivity contribution >= 4 is 5.91 Å². The van der Waals surface area contributed by atoms with Crippen LogP contribution in [0.5, 0.6) is 0 Å². The molecule has 1 saturated heterocycles. The molecular formula is C8H16N2O. The van der Waals surface area contributed by atoms with Crippen LogP contribution >= 0.6 is 0 Å². The Morgan fingerprint density at radius 1 is 1.55 bits per heavy atom. The van der Waals surface area contributed by atoms with Gasteiger partial charge in [-0.1, -0.05) is 6.92 Å². The SMILES string of the molecule is CC(=O)N1C[C@H](C)C[C@@H](N)C1. The second-order valence-corrected chi connectivity index (χ2v) is 3.52. The predicted octanol–water partition coefficient (Wildman–Crippen LogP) is 0.202. The lowest BCUT2D eigenvalue weighted by Crippen LogP contribution is -2.48. The third kappa shape index (κ3) is 2.19. The van der Waals surface area contributed by atoms with Gasteiger partial charge in [-0.25, -0.2) is 0 Å². The standard InChI is InChI=1S/C8H16N2O/c1-6-3-8(9)5-10(4-6)7(2)11/h6,8H,3-5,9H2,1-2H3/t6-,8-/m1/s1. The molecule has 0 aromatic carbocycles. The van der Waals surface area contributed by atoms with Crippen molar-refractivity contribution in [2.45, 2.75) is 26.3 Å². The second-order valence-electron chi connectivity index (χ2n) is 3.52. The van der Waals surface area contributed by atoms with E-state index in [1.165, 1.54) is 0 Å². The van der Waals surface area contributed by atoms with Gasteiger partial charge in [0, 0.05) is 26.1 Å². The number of hydrogen-bond donors (Lipinski definition) is 1. The van der Waals surface area contributed by atoms with Gasteiger partial charge >= 0.3 is 0 Å². The first-order chi connectivity index (χ1) is 5.09. The zero-order chi connectivity index (χ0) is 8.43. The molecule has 0 aliphatic carbocycles. The molecule has 1 rings (SSSR count). The molecule has 0 spiro atoms. The highest BCUT2D eigenvalue weighted by atomic mass is 16.2. The number of amides is 1. The molecule has 1 amide bonds. The van der Waals surface area contributed by atoms with Crippen LogP contribution in [-0.2, 0) is 4.79 Å². The van der Waals surface area contributed by atoms with Crippen molar-refractivity contribution in [2.24, 2.45) is 11.7 Å². The minimum Gasteiger partial charge on any atom is -0.341 e. The van der Waals surface area contributed by atoms with Crippen LogP contribution in [0.25, 0.3) is 0 Å². The zero-order valence-corrected chi connectivity index (χ0v) is 7.21. The smallest absolute Gasteiger partial charge is 0.219 e. The maximum atomic E-state index is 11.0. The molecule has 0 radical (unpaired) electrons. The number of nitrogens with two attached hydrogens (primary N) is 1. The maximum absolute atomic E-state index is 11.0. The Labute approximate surface area is 67.5 Å². The number of carbonyl (C=O) groups excluding carboxylic acids is 1. The molecule has 1 aliphatic heterocycles. The van der Waals surface area contributed by atoms with E-state index >= 15 is 0 Å². The molecule has 2 N–H and O–H groups in total. The van der Waals surface area contributed by atoms with E-state index in [2.05, 4.69) is 6.92 Å². The van der Waals surface area contributed by atoms with E-state index in [-0.39, 0.29) is 11.9 Å². The topological polar surface area (TPSA) is 46.3 Å². The summed E-state index contributed by atoms with van der Waals surface area (Å²) in [5, 5.41) is 0. The number of nitrogens with zero attached hydrogens (tertiary/aromatic N) is 1. The molecular weight excluding hydrogens is 140 g/mol. The Balaban J connectivity index is 2.49. The summed E-state index contributed by atoms with van der Waals surface area (Å²) >= 11 is 0. The minimum atomic E-state index is 0.145. The molecule has 64 valence electrons. The molecule has 11 heavy (non-hydrogen) atoms. The van der Waals surface area contributed by atoms with Crippen LogP contribution in [0, 0.1) is 5.92 Å². The number of hydrogen-bond acceptors (Lipinski definition) is 2. The van der Waals surface area contributed by atoms with E-state index in [0.29, 0.717) is 5.92 Å². The summed E-state index contributed by atoms with van der Waals surface area (Å²) < 4.78 is 0. The highest BCUT2D eigenvalue weighted by Gasteiger charge is 2.23. The van der Waals surface area contributed by atoms with Crippen LogP contribution in [0.15, 0.2) is 0 Å². The van der Waals surface area contributed by atoms with Crippen molar-refractivity contribution < 1.29 is 4.79 Å². The van der Waals surface area contributed by atoms with Gasteiger partial charge in [0.25, 0.3) is 0 Å². The fourth-order valence-electron chi connectivity index (χ4n) is 1.66. The Morgan fingerprint density at radius 3 is 2.64 bits per heavy atom. The van der Waals surface area contributed by atoms with Crippen molar-refractivity contribution in [1.82, 2.24) is 4.90 Å². The molecule has 2 atom stereocenters. The number of likely N-dealkylation sites (tertiary alicyclic amines) is 1. The lowest BCUT2D eigenvalue weighted by Gasteiger charge is -2.34. The fraction of sp³-hybridized carbons (Fsp3) is 0.875. The van der Waals surface area contributed by atoms with Crippen LogP contribution in [0.2, 0.25) is 0 Å². The van der Waals surface area contributed by atoms with Gasteiger partial charge in [-0.05, 0) is 12.3 Å². The first kappa shape index (κ1) is 8.53. The molecule has 3 heteroatoms. The van der Waals surface area contributed by atoms with E-state index in [1.54, 1.807) is 6.92 Å². The van der Waals surface area contributed by atoms with Gasteiger partial charge in [0.15, 0.2) is 0 Å². The summed E-state index contributed by atoms with van der Waals surface area (Å²) in [6.07, 6.45) is 1.05. The monoisotopic (exact) mass is 156 g/mol. The third-order valence-electron chi connectivity index (χ3n) is 2.14. The number of rotatable bonds is 0. The van der Waals surface area contributed by atoms with Gasteiger partial charge in [-0.15, -0.1) is 0 Å². The normalized spacial score (nSPS) is 32.1. The van der Waals surface area contributed by atoms with Crippen LogP contribution in [-0.4, -0.2) is 29.9 Å². The van der Waals surface area contributed by atoms with E-state index < -0.39 is 0 Å². The lowest BCUT2D eigenvalue weighted by atomic mass is 9.97. The van der Waals surface area contributed by atoms with Gasteiger partial charge in [-0.2, -0.15) is 0 Å². The zero-order valence-electron chi connectivity index (χ0n) is 7.21. The Morgan fingerprint density at radius 2 is 2.18 bits per heavy atom. The molecule has 0 saturated carbocycles. The largest absolute Gasteiger partial charge is 0.341 e. The summed E-state index contributed by atoms with van der Waals surface area (Å²) in [6, 6.07) is 0.183. The first-order valence-corrected chi connectivity index (χ1v) is 4.10. The highest BCUT2D eigenvalue weighted by molar-refractivity contribution is 5.73. The highest BCUT2D eigenvalue weighted by Crippen LogP contribution is 2.14. The van der Waals surface area contributed by atoms with Crippen LogP contribution in [0.4, 0.5) is 0 Å². The Hall–Kier alpha value is -0.570. The van der Waals surface area contributed by atoms with E-state index in [9.17, 15) is 4.79 Å². The quantitative estimate of drug-likeness (QED) is 0.544. The van der Waals surface area contributed by atoms with E-state index in [0.717, 1.165) is 19.5 Å². The average molecular weight is 156 g/mol. The average Bonchev–Trinajstić information content (AvgIpc) is 1.85. The van der Waals surface area contributed by atoms with Gasteiger partial charge in [0.1, 0.15) is 0 Å². The van der Waals surface area contributed by atoms with Crippen LogP contribution in [0.3, 0.4) is 0 Å². The van der Waals surface area contributed by atoms with E-state index in [1.807, 2.05) is 4.90 Å². The third-order valence-corrected chi connectivity index (χ3v) is 2.14. The summed E-state index contributed by atoms with van der Waals surface area (Å²) in [5.74, 6) is 0.703. The molecule has 1 heterocycles. The van der Waals surface area contributed by atoms with Crippen LogP contribution in [0.1, 0.15) is 20.3 Å². The van der Waals surface area contributed by atoms with Crippen molar-refractivity contribution in [3.05, 3.63) is 0 Å². The number of carbonyl (C=O) groups is 1. The molecule has 1 fully saturated rings. The maximum Gasteiger partial charge on any atom is 0.219 e. The van der Waals surface area contributed by atoms with Crippen LogP contribution < -0.4 is 5.73 Å². The summed E-state index contributed by atoms with van der Waals surface area (Å²) in [5.41, 5.74) is 5.76. The van der Waals surface area contributed by atoms with Crippen molar-refractivity contribution in [3.63, 3.8) is 0 Å². The fourth-order valence-corrected chi connectivity index (χ4v) is 1.66. The van der Waals surface area contributed by atoms with Gasteiger partial charge in [0.05, 0.1) is 0 Å². The summed E-state index contributed by atoms with van der Waals surface area (Å²) in [6.45, 7) is 5.35. The molecule has 3 nitrogen and oxygen atoms in total. The first-order valence-electron chi connectivity index (χ1n) is 4.10. The van der Waals surface area contributed by atoms with Gasteiger partial charge in [-0.3, -0.25) is 4.79 Å². The Bertz CT molecular complexity index is 148. The molecule has 0 aromatic rings. The predicted molar refractivity (Wildman–Crippen MR) is 44.0 cm³/mol. The lowest BCUT2D eigenvalue weighted by molar-refractivity contribution is -0.130. The molecule has 1 aliphatic rings. The van der Waals surface area contributed by atoms with Gasteiger partial charge < -0.3 is 10.6 Å². The van der Waals surface area contributed by atoms with Crippen molar-refractivity contribution in [2.75, 3.05) is 13.1 Å². The summed E-state index contributed by atoms with van der Waals surface area (Å²) in [4.78, 5) is 12.8. The summed E-state index contributed by atoms with van der Waals surface area (Å²) in [7, 11) is 0. The van der Waals surface area contributed by atoms with E-state index in [4.69, 9.17) is 5.73 Å². The molecule has 0 aromatic heterocycles. The Kier molecular flexibility index (Phi) is 2.49.